The van der Waals surface area contributed by atoms with Gasteiger partial charge in [0.15, 0.2) is 0 Å². The molecule has 0 saturated heterocycles. The quantitative estimate of drug-likeness (QED) is 0.167. The monoisotopic (exact) mass is 374 g/mol. The maximum absolute atomic E-state index is 10.4. The van der Waals surface area contributed by atoms with Crippen molar-refractivity contribution >= 4 is 10.4 Å². The van der Waals surface area contributed by atoms with Crippen molar-refractivity contribution in [3.05, 3.63) is 0 Å². The molecule has 0 aliphatic heterocycles. The molecule has 1 atom stereocenters. The van der Waals surface area contributed by atoms with E-state index < -0.39 is 16.5 Å². The fourth-order valence-corrected chi connectivity index (χ4v) is 2.98. The second-order valence-corrected chi connectivity index (χ2v) is 7.29. The Morgan fingerprint density at radius 2 is 1.25 bits per heavy atom. The van der Waals surface area contributed by atoms with Gasteiger partial charge in [-0.2, -0.15) is 0 Å². The molecular weight excluding hydrogens is 339 g/mol. The van der Waals surface area contributed by atoms with E-state index >= 15 is 0 Å². The van der Waals surface area contributed by atoms with Crippen LogP contribution in [0.15, 0.2) is 0 Å². The summed E-state index contributed by atoms with van der Waals surface area (Å²) in [5.74, 6) is 0. The topological polar surface area (TPSA) is 75.7 Å². The Labute approximate surface area is 171 Å². The molecule has 0 heterocycles. The van der Waals surface area contributed by atoms with Crippen molar-refractivity contribution in [2.45, 2.75) is 97.0 Å². The van der Waals surface area contributed by atoms with Gasteiger partial charge in [-0.05, 0) is 13.3 Å². The summed E-state index contributed by atoms with van der Waals surface area (Å²) in [7, 11) is -4.62. The molecule has 0 bridgehead atoms. The molecule has 24 heavy (non-hydrogen) atoms. The minimum absolute atomic E-state index is 0. The van der Waals surface area contributed by atoms with Crippen molar-refractivity contribution in [1.82, 2.24) is 0 Å². The first-order chi connectivity index (χ1) is 11.0. The first-order valence-electron chi connectivity index (χ1n) is 9.17. The van der Waals surface area contributed by atoms with Gasteiger partial charge in [0.05, 0.1) is 12.7 Å². The molecule has 0 N–H and O–H groups in total. The fraction of sp³-hybridized carbons (Fsp3) is 1.00. The maximum atomic E-state index is 10.4. The summed E-state index contributed by atoms with van der Waals surface area (Å²) in [6.45, 7) is 4.48. The molecule has 0 aliphatic rings. The van der Waals surface area contributed by atoms with E-state index in [1.165, 1.54) is 71.1 Å². The van der Waals surface area contributed by atoms with Gasteiger partial charge in [0.25, 0.3) is 0 Å². The maximum Gasteiger partial charge on any atom is 1.00 e. The van der Waals surface area contributed by atoms with Gasteiger partial charge in [-0.1, -0.05) is 77.6 Å². The minimum Gasteiger partial charge on any atom is -0.726 e. The van der Waals surface area contributed by atoms with Crippen LogP contribution in [-0.4, -0.2) is 32.3 Å². The number of ether oxygens (including phenoxy) is 1. The molecule has 0 aromatic carbocycles. The Kier molecular flexibility index (Phi) is 21.0. The van der Waals surface area contributed by atoms with E-state index in [0.29, 0.717) is 6.61 Å². The average Bonchev–Trinajstić information content (AvgIpc) is 2.46. The third-order valence-electron chi connectivity index (χ3n) is 3.78. The van der Waals surface area contributed by atoms with Gasteiger partial charge in [0.1, 0.15) is 0 Å². The van der Waals surface area contributed by atoms with Crippen LogP contribution in [0.5, 0.6) is 0 Å². The zero-order valence-electron chi connectivity index (χ0n) is 15.9. The molecule has 5 nitrogen and oxygen atoms in total. The molecule has 0 aromatic rings. The van der Waals surface area contributed by atoms with Crippen LogP contribution in [0.4, 0.5) is 0 Å². The van der Waals surface area contributed by atoms with Crippen molar-refractivity contribution in [2.24, 2.45) is 0 Å². The van der Waals surface area contributed by atoms with E-state index in [0.717, 1.165) is 12.8 Å². The molecule has 0 aromatic heterocycles. The van der Waals surface area contributed by atoms with Gasteiger partial charge < -0.3 is 9.29 Å². The van der Waals surface area contributed by atoms with E-state index in [-0.39, 0.29) is 36.2 Å². The van der Waals surface area contributed by atoms with Gasteiger partial charge in [0.2, 0.25) is 10.4 Å². The van der Waals surface area contributed by atoms with E-state index in [4.69, 9.17) is 4.74 Å². The standard InChI is InChI=1S/C17H36O5S.Na/c1-3-4-5-6-7-8-9-10-11-12-13-14-15-21-16-17(2)22-23(18,19)20;/h17H,3-16H2,1-2H3,(H,18,19,20);/q;+1/p-1. The van der Waals surface area contributed by atoms with Crippen LogP contribution in [0.25, 0.3) is 0 Å². The Morgan fingerprint density at radius 3 is 1.67 bits per heavy atom. The number of rotatable bonds is 17. The molecule has 0 rings (SSSR count). The first-order valence-corrected chi connectivity index (χ1v) is 10.5. The summed E-state index contributed by atoms with van der Waals surface area (Å²) in [5, 5.41) is 0. The third kappa shape index (κ3) is 22.8. The Morgan fingerprint density at radius 1 is 0.833 bits per heavy atom. The Bertz CT molecular complexity index is 349. The van der Waals surface area contributed by atoms with Crippen LogP contribution >= 0.6 is 0 Å². The van der Waals surface area contributed by atoms with Crippen LogP contribution in [0.3, 0.4) is 0 Å². The molecule has 0 fully saturated rings. The Balaban J connectivity index is 0. The number of hydrogen-bond acceptors (Lipinski definition) is 5. The summed E-state index contributed by atoms with van der Waals surface area (Å²) >= 11 is 0. The van der Waals surface area contributed by atoms with E-state index in [1.54, 1.807) is 0 Å². The van der Waals surface area contributed by atoms with Gasteiger partial charge in [-0.3, -0.25) is 4.18 Å². The molecule has 0 aliphatic carbocycles. The van der Waals surface area contributed by atoms with Gasteiger partial charge in [-0.25, -0.2) is 8.42 Å². The van der Waals surface area contributed by atoms with Gasteiger partial charge in [0, 0.05) is 6.61 Å². The third-order valence-corrected chi connectivity index (χ3v) is 4.34. The largest absolute Gasteiger partial charge is 1.00 e. The SMILES string of the molecule is CCCCCCCCCCCCCCOCC(C)OS(=O)(=O)[O-].[Na+]. The molecule has 1 unspecified atom stereocenters. The minimum atomic E-state index is -4.62. The summed E-state index contributed by atoms with van der Waals surface area (Å²) in [5.41, 5.74) is 0. The average molecular weight is 375 g/mol. The summed E-state index contributed by atoms with van der Waals surface area (Å²) in [4.78, 5) is 0. The number of unbranched alkanes of at least 4 members (excludes halogenated alkanes) is 11. The molecule has 0 amide bonds. The normalized spacial score (nSPS) is 12.8. The second kappa shape index (κ2) is 18.6. The molecular formula is C17H35NaO5S. The van der Waals surface area contributed by atoms with Crippen molar-refractivity contribution in [3.8, 4) is 0 Å². The second-order valence-electron chi connectivity index (χ2n) is 6.28. The van der Waals surface area contributed by atoms with Crippen molar-refractivity contribution < 1.29 is 51.4 Å². The van der Waals surface area contributed by atoms with E-state index in [1.807, 2.05) is 0 Å². The summed E-state index contributed by atoms with van der Waals surface area (Å²) in [6, 6.07) is 0. The summed E-state index contributed by atoms with van der Waals surface area (Å²) < 4.78 is 40.6. The predicted molar refractivity (Wildman–Crippen MR) is 92.1 cm³/mol. The zero-order valence-corrected chi connectivity index (χ0v) is 18.7. The molecule has 7 heteroatoms. The van der Waals surface area contributed by atoms with Gasteiger partial charge in [-0.15, -0.1) is 0 Å². The first kappa shape index (κ1) is 27.1. The van der Waals surface area contributed by atoms with Crippen LogP contribution in [0, 0.1) is 0 Å². The zero-order chi connectivity index (χ0) is 17.4. The van der Waals surface area contributed by atoms with E-state index in [2.05, 4.69) is 11.1 Å². The smallest absolute Gasteiger partial charge is 0.726 e. The summed E-state index contributed by atoms with van der Waals surface area (Å²) in [6.07, 6.45) is 14.8. The van der Waals surface area contributed by atoms with Crippen LogP contribution in [0.2, 0.25) is 0 Å². The van der Waals surface area contributed by atoms with Crippen LogP contribution in [0.1, 0.15) is 90.9 Å². The van der Waals surface area contributed by atoms with Crippen LogP contribution < -0.4 is 29.6 Å². The van der Waals surface area contributed by atoms with Gasteiger partial charge >= 0.3 is 29.6 Å². The van der Waals surface area contributed by atoms with Crippen molar-refractivity contribution in [3.63, 3.8) is 0 Å². The molecule has 0 radical (unpaired) electrons. The van der Waals surface area contributed by atoms with Crippen molar-refractivity contribution in [2.75, 3.05) is 13.2 Å². The molecule has 0 spiro atoms. The Hall–Kier alpha value is 0.830. The van der Waals surface area contributed by atoms with Crippen LogP contribution in [-0.2, 0) is 19.3 Å². The number of hydrogen-bond donors (Lipinski definition) is 0. The molecule has 0 saturated carbocycles. The fourth-order valence-electron chi connectivity index (χ4n) is 2.52. The predicted octanol–water partition coefficient (Wildman–Crippen LogP) is 1.57. The van der Waals surface area contributed by atoms with Crippen molar-refractivity contribution in [1.29, 1.82) is 0 Å². The molecule has 140 valence electrons. The van der Waals surface area contributed by atoms with E-state index in [9.17, 15) is 13.0 Å².